The number of unbranched alkanes of at least 4 members (excludes halogenated alkanes) is 1. The second-order valence-electron chi connectivity index (χ2n) is 14.0. The summed E-state index contributed by atoms with van der Waals surface area (Å²) >= 11 is 0. The topological polar surface area (TPSA) is 224 Å². The van der Waals surface area contributed by atoms with E-state index in [0.29, 0.717) is 25.8 Å². The number of aliphatic hydroxyl groups is 3. The van der Waals surface area contributed by atoms with Gasteiger partial charge in [-0.2, -0.15) is 0 Å². The third-order valence-electron chi connectivity index (χ3n) is 9.04. The van der Waals surface area contributed by atoms with Crippen molar-refractivity contribution in [2.75, 3.05) is 13.2 Å². The third-order valence-corrected chi connectivity index (χ3v) is 9.04. The van der Waals surface area contributed by atoms with Gasteiger partial charge in [0, 0.05) is 48.8 Å². The van der Waals surface area contributed by atoms with E-state index in [2.05, 4.69) is 20.9 Å². The highest BCUT2D eigenvalue weighted by atomic mass is 16.4. The van der Waals surface area contributed by atoms with Crippen molar-refractivity contribution in [1.82, 2.24) is 20.9 Å². The average Bonchev–Trinajstić information content (AvgIpc) is 3.47. The molecule has 0 aliphatic heterocycles. The molecular weight excluding hydrogens is 642 g/mol. The predicted molar refractivity (Wildman–Crippen MR) is 192 cm³/mol. The number of carbonyl (C=O) groups is 5. The summed E-state index contributed by atoms with van der Waals surface area (Å²) < 4.78 is 0. The Balaban J connectivity index is 2.23. The smallest absolute Gasteiger partial charge is 0.255 e. The SMILES string of the molecule is CCCC(=O)[C@H](Cc1c[nH]c2ccccc12)NC(=O)[C@@](O)(CC(=O)[C@@H](NC(=O)[C@H](CO)CC(=O)[C@H](CCCCN)NC(C)C)C(C)C)[C@@H](C)O. The Morgan fingerprint density at radius 3 is 2.20 bits per heavy atom. The van der Waals surface area contributed by atoms with Crippen molar-refractivity contribution in [2.24, 2.45) is 17.6 Å². The molecule has 2 rings (SSSR count). The van der Waals surface area contributed by atoms with Gasteiger partial charge in [-0.05, 0) is 50.3 Å². The fourth-order valence-electron chi connectivity index (χ4n) is 6.01. The van der Waals surface area contributed by atoms with Gasteiger partial charge < -0.3 is 42.0 Å². The first-order valence-electron chi connectivity index (χ1n) is 17.8. The van der Waals surface area contributed by atoms with Gasteiger partial charge in [0.15, 0.2) is 23.0 Å². The summed E-state index contributed by atoms with van der Waals surface area (Å²) in [5.41, 5.74) is 4.59. The minimum atomic E-state index is -2.63. The van der Waals surface area contributed by atoms with Crippen molar-refractivity contribution < 1.29 is 39.3 Å². The van der Waals surface area contributed by atoms with E-state index in [9.17, 15) is 39.3 Å². The van der Waals surface area contributed by atoms with E-state index in [1.165, 1.54) is 6.92 Å². The van der Waals surface area contributed by atoms with E-state index < -0.39 is 72.3 Å². The number of Topliss-reactive ketones (excluding diaryl/α,β-unsaturated/α-hetero) is 3. The molecular formula is C37H59N5O8. The first-order chi connectivity index (χ1) is 23.6. The Hall–Kier alpha value is -3.49. The zero-order valence-corrected chi connectivity index (χ0v) is 30.5. The van der Waals surface area contributed by atoms with Crippen LogP contribution in [0.15, 0.2) is 30.5 Å². The molecule has 1 heterocycles. The number of carbonyl (C=O) groups excluding carboxylic acids is 5. The number of aromatic nitrogens is 1. The third kappa shape index (κ3) is 12.1. The largest absolute Gasteiger partial charge is 0.396 e. The van der Waals surface area contributed by atoms with Crippen LogP contribution in [0.25, 0.3) is 10.9 Å². The molecule has 50 heavy (non-hydrogen) atoms. The summed E-state index contributed by atoms with van der Waals surface area (Å²) in [5, 5.41) is 41.5. The van der Waals surface area contributed by atoms with E-state index >= 15 is 0 Å². The van der Waals surface area contributed by atoms with E-state index in [1.54, 1.807) is 20.0 Å². The van der Waals surface area contributed by atoms with Gasteiger partial charge in [-0.1, -0.05) is 59.2 Å². The van der Waals surface area contributed by atoms with E-state index in [-0.39, 0.29) is 36.9 Å². The number of aromatic amines is 1. The fraction of sp³-hybridized carbons (Fsp3) is 0.649. The van der Waals surface area contributed by atoms with Crippen molar-refractivity contribution in [2.45, 2.75) is 129 Å². The van der Waals surface area contributed by atoms with E-state index in [4.69, 9.17) is 5.73 Å². The molecule has 0 aliphatic carbocycles. The molecule has 13 nitrogen and oxygen atoms in total. The summed E-state index contributed by atoms with van der Waals surface area (Å²) in [6.45, 7) is 9.96. The molecule has 280 valence electrons. The number of fused-ring (bicyclic) bond motifs is 1. The molecule has 9 N–H and O–H groups in total. The summed E-state index contributed by atoms with van der Waals surface area (Å²) in [5.74, 6) is -4.76. The van der Waals surface area contributed by atoms with Crippen LogP contribution in [0.5, 0.6) is 0 Å². The highest BCUT2D eigenvalue weighted by Crippen LogP contribution is 2.23. The molecule has 0 aliphatic rings. The van der Waals surface area contributed by atoms with Gasteiger partial charge in [-0.15, -0.1) is 0 Å². The quantitative estimate of drug-likeness (QED) is 0.0742. The maximum absolute atomic E-state index is 13.7. The van der Waals surface area contributed by atoms with Crippen LogP contribution in [0.1, 0.15) is 92.1 Å². The Kier molecular flexibility index (Phi) is 17.4. The van der Waals surface area contributed by atoms with Gasteiger partial charge in [0.1, 0.15) is 0 Å². The van der Waals surface area contributed by atoms with Crippen LogP contribution >= 0.6 is 0 Å². The molecule has 0 saturated heterocycles. The normalized spacial score (nSPS) is 16.0. The first-order valence-corrected chi connectivity index (χ1v) is 17.8. The lowest BCUT2D eigenvalue weighted by molar-refractivity contribution is -0.158. The Morgan fingerprint density at radius 1 is 0.940 bits per heavy atom. The van der Waals surface area contributed by atoms with E-state index in [0.717, 1.165) is 22.9 Å². The number of ketones is 3. The maximum Gasteiger partial charge on any atom is 0.255 e. The predicted octanol–water partition coefficient (Wildman–Crippen LogP) is 1.84. The van der Waals surface area contributed by atoms with Gasteiger partial charge in [-0.25, -0.2) is 0 Å². The lowest BCUT2D eigenvalue weighted by Gasteiger charge is -2.33. The van der Waals surface area contributed by atoms with Crippen LogP contribution in [-0.2, 0) is 30.4 Å². The van der Waals surface area contributed by atoms with Crippen LogP contribution in [0, 0.1) is 11.8 Å². The number of para-hydroxylation sites is 1. The molecule has 0 bridgehead atoms. The molecule has 2 aromatic rings. The van der Waals surface area contributed by atoms with E-state index in [1.807, 2.05) is 45.0 Å². The summed E-state index contributed by atoms with van der Waals surface area (Å²) in [6, 6.07) is 4.70. The zero-order valence-electron chi connectivity index (χ0n) is 30.5. The molecule has 0 unspecified atom stereocenters. The molecule has 0 spiro atoms. The van der Waals surface area contributed by atoms with Gasteiger partial charge in [0.25, 0.3) is 5.91 Å². The molecule has 0 radical (unpaired) electrons. The molecule has 6 atom stereocenters. The minimum absolute atomic E-state index is 0.00426. The Labute approximate surface area is 295 Å². The highest BCUT2D eigenvalue weighted by molar-refractivity contribution is 5.99. The van der Waals surface area contributed by atoms with Crippen molar-refractivity contribution in [3.63, 3.8) is 0 Å². The van der Waals surface area contributed by atoms with Crippen LogP contribution < -0.4 is 21.7 Å². The number of amides is 2. The Bertz CT molecular complexity index is 1420. The van der Waals surface area contributed by atoms with Crippen LogP contribution in [-0.4, -0.2) is 98.5 Å². The van der Waals surface area contributed by atoms with Crippen molar-refractivity contribution in [3.05, 3.63) is 36.0 Å². The number of hydrogen-bond acceptors (Lipinski definition) is 10. The van der Waals surface area contributed by atoms with Crippen molar-refractivity contribution in [1.29, 1.82) is 0 Å². The average molecular weight is 702 g/mol. The van der Waals surface area contributed by atoms with Gasteiger partial charge in [0.05, 0.1) is 36.8 Å². The second-order valence-corrected chi connectivity index (χ2v) is 14.0. The summed E-state index contributed by atoms with van der Waals surface area (Å²) in [7, 11) is 0. The molecule has 0 fully saturated rings. The first kappa shape index (κ1) is 42.7. The highest BCUT2D eigenvalue weighted by Gasteiger charge is 2.46. The molecule has 13 heteroatoms. The van der Waals surface area contributed by atoms with Crippen LogP contribution in [0.4, 0.5) is 0 Å². The fourth-order valence-corrected chi connectivity index (χ4v) is 6.01. The zero-order chi connectivity index (χ0) is 37.6. The van der Waals surface area contributed by atoms with Crippen molar-refractivity contribution in [3.8, 4) is 0 Å². The Morgan fingerprint density at radius 2 is 1.62 bits per heavy atom. The monoisotopic (exact) mass is 701 g/mol. The van der Waals surface area contributed by atoms with Gasteiger partial charge in [0.2, 0.25) is 5.91 Å². The lowest BCUT2D eigenvalue weighted by Crippen LogP contribution is -2.60. The van der Waals surface area contributed by atoms with Crippen molar-refractivity contribution >= 4 is 40.1 Å². The maximum atomic E-state index is 13.7. The number of rotatable bonds is 24. The van der Waals surface area contributed by atoms with Gasteiger partial charge in [-0.3, -0.25) is 24.0 Å². The van der Waals surface area contributed by atoms with Crippen LogP contribution in [0.3, 0.4) is 0 Å². The second kappa shape index (κ2) is 20.4. The molecule has 2 amide bonds. The standard InChI is InChI=1S/C37H59N5O8/c1-7-12-31(45)30(17-25-20-39-28-14-9-8-13-27(25)28)41-36(49)37(50,24(6)44)19-33(47)34(22(2)3)42-35(48)26(21-43)18-32(46)29(40-23(4)5)15-10-11-16-38/h8-9,13-14,20,22-24,26,29-30,34,39-40,43-44,50H,7,10-12,15-19,21,38H2,1-6H3,(H,41,49)(H,42,48)/t24-,26+,29+,30+,34+,37-/m1/s1. The number of H-pyrrole nitrogens is 1. The van der Waals surface area contributed by atoms with Gasteiger partial charge >= 0.3 is 0 Å². The number of hydrogen-bond donors (Lipinski definition) is 8. The summed E-state index contributed by atoms with van der Waals surface area (Å²) in [6.07, 6.45) is 1.67. The molecule has 1 aromatic heterocycles. The number of aliphatic hydroxyl groups excluding tert-OH is 2. The number of nitrogens with two attached hydrogens (primary N) is 1. The molecule has 0 saturated carbocycles. The lowest BCUT2D eigenvalue weighted by atomic mass is 9.85. The van der Waals surface area contributed by atoms with Crippen LogP contribution in [0.2, 0.25) is 0 Å². The summed E-state index contributed by atoms with van der Waals surface area (Å²) in [4.78, 5) is 70.2. The number of nitrogens with one attached hydrogen (secondary N) is 4. The number of benzene rings is 1. The minimum Gasteiger partial charge on any atom is -0.396 e. The molecule has 1 aromatic carbocycles.